The number of aromatic nitrogens is 2. The molecule has 0 spiro atoms. The first-order valence-corrected chi connectivity index (χ1v) is 6.55. The molecule has 90 valence electrons. The Morgan fingerprint density at radius 2 is 2.12 bits per heavy atom. The van der Waals surface area contributed by atoms with Crippen LogP contribution >= 0.6 is 23.1 Å². The summed E-state index contributed by atoms with van der Waals surface area (Å²) in [6.45, 7) is 7.69. The van der Waals surface area contributed by atoms with Gasteiger partial charge in [-0.1, -0.05) is 23.1 Å². The van der Waals surface area contributed by atoms with E-state index < -0.39 is 0 Å². The Bertz CT molecular complexity index is 372. The summed E-state index contributed by atoms with van der Waals surface area (Å²) in [5, 5.41) is 10.7. The maximum Gasteiger partial charge on any atom is 0.233 e. The molecule has 16 heavy (non-hydrogen) atoms. The van der Waals surface area contributed by atoms with Crippen molar-refractivity contribution in [2.45, 2.75) is 42.8 Å². The minimum absolute atomic E-state index is 0.00808. The molecule has 7 heteroatoms. The lowest BCUT2D eigenvalue weighted by molar-refractivity contribution is -0.121. The number of thioether (sulfide) groups is 1. The second kappa shape index (κ2) is 5.01. The Kier molecular flexibility index (Phi) is 4.15. The maximum absolute atomic E-state index is 11.8. The van der Waals surface area contributed by atoms with Crippen molar-refractivity contribution in [1.82, 2.24) is 15.5 Å². The van der Waals surface area contributed by atoms with Gasteiger partial charge in [0.15, 0.2) is 4.34 Å². The van der Waals surface area contributed by atoms with Crippen LogP contribution in [0.5, 0.6) is 0 Å². The number of carbonyl (C=O) groups is 1. The fourth-order valence-corrected chi connectivity index (χ4v) is 2.72. The Labute approximate surface area is 103 Å². The van der Waals surface area contributed by atoms with Gasteiger partial charge in [0.1, 0.15) is 0 Å². The highest BCUT2D eigenvalue weighted by atomic mass is 32.2. The van der Waals surface area contributed by atoms with E-state index in [0.717, 1.165) is 0 Å². The van der Waals surface area contributed by atoms with Crippen LogP contribution < -0.4 is 11.1 Å². The number of hydrogen-bond acceptors (Lipinski definition) is 6. The Hall–Kier alpha value is -0.820. The van der Waals surface area contributed by atoms with Crippen molar-refractivity contribution in [3.8, 4) is 0 Å². The lowest BCUT2D eigenvalue weighted by atomic mass is 10.1. The molecule has 0 saturated carbocycles. The molecular formula is C9H16N4OS2. The van der Waals surface area contributed by atoms with E-state index in [1.54, 1.807) is 0 Å². The van der Waals surface area contributed by atoms with Gasteiger partial charge in [0.05, 0.1) is 5.25 Å². The second-order valence-corrected chi connectivity index (χ2v) is 7.00. The van der Waals surface area contributed by atoms with Gasteiger partial charge >= 0.3 is 0 Å². The van der Waals surface area contributed by atoms with Crippen LogP contribution in [-0.4, -0.2) is 26.9 Å². The van der Waals surface area contributed by atoms with Gasteiger partial charge in [-0.3, -0.25) is 4.79 Å². The van der Waals surface area contributed by atoms with Gasteiger partial charge in [0.25, 0.3) is 0 Å². The molecule has 0 radical (unpaired) electrons. The van der Waals surface area contributed by atoms with Gasteiger partial charge in [0.2, 0.25) is 11.0 Å². The zero-order valence-electron chi connectivity index (χ0n) is 9.77. The monoisotopic (exact) mass is 260 g/mol. The van der Waals surface area contributed by atoms with Crippen molar-refractivity contribution < 1.29 is 4.79 Å². The molecule has 1 atom stereocenters. The highest BCUT2D eigenvalue weighted by Crippen LogP contribution is 2.27. The summed E-state index contributed by atoms with van der Waals surface area (Å²) in [4.78, 5) is 11.8. The van der Waals surface area contributed by atoms with E-state index in [-0.39, 0.29) is 16.7 Å². The van der Waals surface area contributed by atoms with E-state index in [4.69, 9.17) is 5.73 Å². The first-order chi connectivity index (χ1) is 7.28. The number of nitrogen functional groups attached to an aromatic ring is 1. The van der Waals surface area contributed by atoms with Crippen molar-refractivity contribution in [2.24, 2.45) is 0 Å². The Morgan fingerprint density at radius 3 is 2.56 bits per heavy atom. The minimum Gasteiger partial charge on any atom is -0.374 e. The van der Waals surface area contributed by atoms with Gasteiger partial charge in [-0.05, 0) is 27.7 Å². The van der Waals surface area contributed by atoms with Crippen LogP contribution in [0, 0.1) is 0 Å². The molecule has 0 aliphatic heterocycles. The van der Waals surface area contributed by atoms with Crippen molar-refractivity contribution in [3.63, 3.8) is 0 Å². The summed E-state index contributed by atoms with van der Waals surface area (Å²) in [7, 11) is 0. The molecule has 0 fully saturated rings. The van der Waals surface area contributed by atoms with Crippen molar-refractivity contribution >= 4 is 34.1 Å². The van der Waals surface area contributed by atoms with E-state index in [1.807, 2.05) is 27.7 Å². The zero-order valence-corrected chi connectivity index (χ0v) is 11.4. The van der Waals surface area contributed by atoms with Crippen LogP contribution in [0.25, 0.3) is 0 Å². The lowest BCUT2D eigenvalue weighted by Crippen LogP contribution is -2.44. The third-order valence-electron chi connectivity index (χ3n) is 1.57. The van der Waals surface area contributed by atoms with Crippen molar-refractivity contribution in [2.75, 3.05) is 5.73 Å². The Morgan fingerprint density at radius 1 is 1.50 bits per heavy atom. The number of anilines is 1. The molecule has 1 amide bonds. The van der Waals surface area contributed by atoms with E-state index in [9.17, 15) is 4.79 Å². The molecule has 0 aromatic carbocycles. The Balaban J connectivity index is 2.52. The number of amides is 1. The molecule has 0 aliphatic carbocycles. The normalized spacial score (nSPS) is 13.5. The molecule has 0 unspecified atom stereocenters. The SMILES string of the molecule is C[C@H](Sc1nnc(N)s1)C(=O)NC(C)(C)C. The summed E-state index contributed by atoms with van der Waals surface area (Å²) in [5.41, 5.74) is 5.25. The van der Waals surface area contributed by atoms with Crippen LogP contribution in [0.4, 0.5) is 5.13 Å². The number of nitrogens with one attached hydrogen (secondary N) is 1. The van der Waals surface area contributed by atoms with Crippen LogP contribution in [0.2, 0.25) is 0 Å². The van der Waals surface area contributed by atoms with Gasteiger partial charge in [-0.15, -0.1) is 10.2 Å². The fraction of sp³-hybridized carbons (Fsp3) is 0.667. The molecular weight excluding hydrogens is 244 g/mol. The molecule has 5 nitrogen and oxygen atoms in total. The average molecular weight is 260 g/mol. The highest BCUT2D eigenvalue weighted by molar-refractivity contribution is 8.02. The van der Waals surface area contributed by atoms with E-state index in [0.29, 0.717) is 9.47 Å². The third kappa shape index (κ3) is 4.36. The first kappa shape index (κ1) is 13.2. The molecule has 1 rings (SSSR count). The molecule has 1 aromatic rings. The van der Waals surface area contributed by atoms with Crippen LogP contribution in [-0.2, 0) is 4.79 Å². The van der Waals surface area contributed by atoms with Crippen molar-refractivity contribution in [3.05, 3.63) is 0 Å². The molecule has 1 aromatic heterocycles. The number of nitrogens with zero attached hydrogens (tertiary/aromatic N) is 2. The van der Waals surface area contributed by atoms with E-state index in [1.165, 1.54) is 23.1 Å². The third-order valence-corrected chi connectivity index (χ3v) is 3.50. The topological polar surface area (TPSA) is 80.9 Å². The summed E-state index contributed by atoms with van der Waals surface area (Å²) >= 11 is 2.66. The zero-order chi connectivity index (χ0) is 12.3. The quantitative estimate of drug-likeness (QED) is 0.805. The minimum atomic E-state index is -0.216. The predicted molar refractivity (Wildman–Crippen MR) is 67.5 cm³/mol. The summed E-state index contributed by atoms with van der Waals surface area (Å²) in [5.74, 6) is -0.00808. The molecule has 3 N–H and O–H groups in total. The van der Waals surface area contributed by atoms with Gasteiger partial charge in [-0.25, -0.2) is 0 Å². The molecule has 0 bridgehead atoms. The van der Waals surface area contributed by atoms with E-state index in [2.05, 4.69) is 15.5 Å². The van der Waals surface area contributed by atoms with E-state index >= 15 is 0 Å². The number of hydrogen-bond donors (Lipinski definition) is 2. The highest BCUT2D eigenvalue weighted by Gasteiger charge is 2.21. The summed E-state index contributed by atoms with van der Waals surface area (Å²) in [6, 6.07) is 0. The number of nitrogens with two attached hydrogens (primary N) is 1. The van der Waals surface area contributed by atoms with Gasteiger partial charge in [-0.2, -0.15) is 0 Å². The summed E-state index contributed by atoms with van der Waals surface area (Å²) < 4.78 is 0.717. The van der Waals surface area contributed by atoms with Crippen LogP contribution in [0.15, 0.2) is 4.34 Å². The van der Waals surface area contributed by atoms with Gasteiger partial charge in [0, 0.05) is 5.54 Å². The van der Waals surface area contributed by atoms with Gasteiger partial charge < -0.3 is 11.1 Å². The second-order valence-electron chi connectivity index (χ2n) is 4.41. The average Bonchev–Trinajstić information content (AvgIpc) is 2.48. The fourth-order valence-electron chi connectivity index (χ4n) is 0.944. The number of carbonyl (C=O) groups excluding carboxylic acids is 1. The largest absolute Gasteiger partial charge is 0.374 e. The molecule has 0 saturated heterocycles. The first-order valence-electron chi connectivity index (χ1n) is 4.85. The predicted octanol–water partition coefficient (Wildman–Crippen LogP) is 1.52. The maximum atomic E-state index is 11.8. The van der Waals surface area contributed by atoms with Crippen molar-refractivity contribution in [1.29, 1.82) is 0 Å². The van der Waals surface area contributed by atoms with Crippen LogP contribution in [0.1, 0.15) is 27.7 Å². The number of rotatable bonds is 3. The summed E-state index contributed by atoms with van der Waals surface area (Å²) in [6.07, 6.45) is 0. The molecule has 0 aliphatic rings. The van der Waals surface area contributed by atoms with Crippen LogP contribution in [0.3, 0.4) is 0 Å². The smallest absolute Gasteiger partial charge is 0.233 e. The standard InChI is InChI=1S/C9H16N4OS2/c1-5(6(14)11-9(2,3)4)15-8-13-12-7(10)16-8/h5H,1-4H3,(H2,10,12)(H,11,14)/t5-/m0/s1. The lowest BCUT2D eigenvalue weighted by Gasteiger charge is -2.22. The molecule has 1 heterocycles.